The van der Waals surface area contributed by atoms with Gasteiger partial charge in [0.1, 0.15) is 17.2 Å². The largest absolute Gasteiger partial charge is 0.573 e. The summed E-state index contributed by atoms with van der Waals surface area (Å²) in [5, 5.41) is 23.1. The molecule has 1 aliphatic rings. The Balaban J connectivity index is 0.00000196. The number of ether oxygens (including phenoxy) is 1. The highest BCUT2D eigenvalue weighted by Gasteiger charge is 2.31. The standard InChI is InChI=1S/C18H19F3N2O3.2ClH/c19-18(20,21)26-14-4-1-12(2-5-14)17(23-9-7-22-8-10-23)15-6-3-13(24)11-16(15)25;;/h1-6,11,17,22,24-25H,7-10H2;2*1H/t17-;;/m1../s1. The van der Waals surface area contributed by atoms with Crippen LogP contribution in [0.3, 0.4) is 0 Å². The van der Waals surface area contributed by atoms with E-state index in [4.69, 9.17) is 0 Å². The minimum atomic E-state index is -4.74. The van der Waals surface area contributed by atoms with Crippen molar-refractivity contribution in [1.29, 1.82) is 0 Å². The van der Waals surface area contributed by atoms with Crippen LogP contribution in [0.25, 0.3) is 0 Å². The van der Waals surface area contributed by atoms with E-state index in [9.17, 15) is 23.4 Å². The van der Waals surface area contributed by atoms with Gasteiger partial charge in [-0.25, -0.2) is 0 Å². The van der Waals surface area contributed by atoms with Crippen molar-refractivity contribution in [2.45, 2.75) is 12.4 Å². The highest BCUT2D eigenvalue weighted by Crippen LogP contribution is 2.37. The van der Waals surface area contributed by atoms with Gasteiger partial charge >= 0.3 is 6.36 Å². The lowest BCUT2D eigenvalue weighted by molar-refractivity contribution is -0.274. The fourth-order valence-electron chi connectivity index (χ4n) is 3.14. The summed E-state index contributed by atoms with van der Waals surface area (Å²) in [6.07, 6.45) is -4.74. The van der Waals surface area contributed by atoms with Crippen LogP contribution in [-0.4, -0.2) is 47.7 Å². The molecule has 1 aliphatic heterocycles. The smallest absolute Gasteiger partial charge is 0.508 e. The molecule has 0 radical (unpaired) electrons. The number of alkyl halides is 3. The molecule has 0 amide bonds. The van der Waals surface area contributed by atoms with E-state index in [1.165, 1.54) is 24.3 Å². The summed E-state index contributed by atoms with van der Waals surface area (Å²) in [7, 11) is 0. The Labute approximate surface area is 172 Å². The van der Waals surface area contributed by atoms with Gasteiger partial charge in [0.2, 0.25) is 0 Å². The first-order chi connectivity index (χ1) is 12.3. The quantitative estimate of drug-likeness (QED) is 0.673. The molecule has 0 spiro atoms. The zero-order valence-electron chi connectivity index (χ0n) is 14.6. The predicted molar refractivity (Wildman–Crippen MR) is 104 cm³/mol. The van der Waals surface area contributed by atoms with E-state index in [0.717, 1.165) is 18.7 Å². The maximum atomic E-state index is 12.4. The van der Waals surface area contributed by atoms with Gasteiger partial charge in [-0.15, -0.1) is 38.0 Å². The van der Waals surface area contributed by atoms with Crippen molar-refractivity contribution in [2.75, 3.05) is 26.2 Å². The van der Waals surface area contributed by atoms with E-state index >= 15 is 0 Å². The highest BCUT2D eigenvalue weighted by atomic mass is 35.5. The summed E-state index contributed by atoms with van der Waals surface area (Å²) in [5.41, 5.74) is 1.30. The summed E-state index contributed by atoms with van der Waals surface area (Å²) in [6.45, 7) is 2.97. The molecule has 5 nitrogen and oxygen atoms in total. The van der Waals surface area contributed by atoms with Crippen LogP contribution in [0.1, 0.15) is 17.2 Å². The van der Waals surface area contributed by atoms with E-state index in [0.29, 0.717) is 18.7 Å². The van der Waals surface area contributed by atoms with E-state index in [2.05, 4.69) is 15.0 Å². The number of halogens is 5. The molecule has 3 rings (SSSR count). The second kappa shape index (κ2) is 10.1. The van der Waals surface area contributed by atoms with Crippen molar-refractivity contribution in [2.24, 2.45) is 0 Å². The third-order valence-electron chi connectivity index (χ3n) is 4.25. The van der Waals surface area contributed by atoms with Crippen LogP contribution in [0, 0.1) is 0 Å². The lowest BCUT2D eigenvalue weighted by Gasteiger charge is -2.36. The molecule has 1 fully saturated rings. The van der Waals surface area contributed by atoms with Gasteiger partial charge in [-0.05, 0) is 29.8 Å². The van der Waals surface area contributed by atoms with Crippen molar-refractivity contribution in [3.05, 3.63) is 53.6 Å². The molecule has 156 valence electrons. The molecular weight excluding hydrogens is 420 g/mol. The fraction of sp³-hybridized carbons (Fsp3) is 0.333. The van der Waals surface area contributed by atoms with E-state index < -0.39 is 6.36 Å². The Bertz CT molecular complexity index is 755. The molecule has 1 atom stereocenters. The molecule has 0 unspecified atom stereocenters. The number of nitrogens with zero attached hydrogens (tertiary/aromatic N) is 1. The van der Waals surface area contributed by atoms with Gasteiger partial charge in [0.15, 0.2) is 0 Å². The molecule has 3 N–H and O–H groups in total. The minimum absolute atomic E-state index is 0. The second-order valence-corrected chi connectivity index (χ2v) is 6.05. The van der Waals surface area contributed by atoms with Crippen LogP contribution < -0.4 is 10.1 Å². The van der Waals surface area contributed by atoms with E-state index in [1.807, 2.05) is 0 Å². The lowest BCUT2D eigenvalue weighted by Crippen LogP contribution is -2.45. The Morgan fingerprint density at radius 3 is 2.11 bits per heavy atom. The number of nitrogens with one attached hydrogen (secondary N) is 1. The van der Waals surface area contributed by atoms with Gasteiger partial charge in [-0.2, -0.15) is 0 Å². The van der Waals surface area contributed by atoms with Crippen molar-refractivity contribution < 1.29 is 28.1 Å². The SMILES string of the molecule is Cl.Cl.Oc1ccc([C@@H](c2ccc(OC(F)(F)F)cc2)N2CCNCC2)c(O)c1. The van der Waals surface area contributed by atoms with E-state index in [-0.39, 0.29) is 48.1 Å². The van der Waals surface area contributed by atoms with Gasteiger partial charge < -0.3 is 20.3 Å². The van der Waals surface area contributed by atoms with Crippen molar-refractivity contribution in [1.82, 2.24) is 10.2 Å². The lowest BCUT2D eigenvalue weighted by atomic mass is 9.95. The Kier molecular flexibility index (Phi) is 8.69. The molecule has 1 saturated heterocycles. The number of piperazine rings is 1. The third-order valence-corrected chi connectivity index (χ3v) is 4.25. The van der Waals surface area contributed by atoms with Crippen LogP contribution in [0.2, 0.25) is 0 Å². The zero-order chi connectivity index (χ0) is 18.7. The fourth-order valence-corrected chi connectivity index (χ4v) is 3.14. The summed E-state index contributed by atoms with van der Waals surface area (Å²) in [5.74, 6) is -0.418. The summed E-state index contributed by atoms with van der Waals surface area (Å²) in [6, 6.07) is 9.64. The first-order valence-electron chi connectivity index (χ1n) is 8.16. The average Bonchev–Trinajstić information content (AvgIpc) is 2.58. The molecule has 0 aromatic heterocycles. The molecule has 10 heteroatoms. The second-order valence-electron chi connectivity index (χ2n) is 6.05. The summed E-state index contributed by atoms with van der Waals surface area (Å²) in [4.78, 5) is 2.13. The van der Waals surface area contributed by atoms with Crippen LogP contribution in [-0.2, 0) is 0 Å². The monoisotopic (exact) mass is 440 g/mol. The summed E-state index contributed by atoms with van der Waals surface area (Å²) >= 11 is 0. The van der Waals surface area contributed by atoms with Gasteiger partial charge in [-0.1, -0.05) is 12.1 Å². The molecule has 0 bridgehead atoms. The number of phenols is 2. The van der Waals surface area contributed by atoms with Gasteiger partial charge in [0.05, 0.1) is 6.04 Å². The van der Waals surface area contributed by atoms with Gasteiger partial charge in [0.25, 0.3) is 0 Å². The first kappa shape index (κ1) is 24.2. The third kappa shape index (κ3) is 6.07. The molecule has 2 aromatic rings. The average molecular weight is 441 g/mol. The van der Waals surface area contributed by atoms with E-state index in [1.54, 1.807) is 18.2 Å². The summed E-state index contributed by atoms with van der Waals surface area (Å²) < 4.78 is 41.0. The van der Waals surface area contributed by atoms with Crippen molar-refractivity contribution in [3.63, 3.8) is 0 Å². The Hall–Kier alpha value is -1.87. The van der Waals surface area contributed by atoms with Gasteiger partial charge in [0, 0.05) is 37.8 Å². The highest BCUT2D eigenvalue weighted by molar-refractivity contribution is 5.85. The maximum absolute atomic E-state index is 12.4. The van der Waals surface area contributed by atoms with Crippen molar-refractivity contribution >= 4 is 24.8 Å². The molecule has 0 aliphatic carbocycles. The molecule has 28 heavy (non-hydrogen) atoms. The van der Waals surface area contributed by atoms with Crippen molar-refractivity contribution in [3.8, 4) is 17.2 Å². The molecule has 2 aromatic carbocycles. The topological polar surface area (TPSA) is 65.0 Å². The predicted octanol–water partition coefficient (Wildman–Crippen LogP) is 3.83. The Morgan fingerprint density at radius 1 is 0.964 bits per heavy atom. The Morgan fingerprint density at radius 2 is 1.57 bits per heavy atom. The zero-order valence-corrected chi connectivity index (χ0v) is 16.3. The number of aromatic hydroxyl groups is 2. The minimum Gasteiger partial charge on any atom is -0.508 e. The molecule has 0 saturated carbocycles. The molecular formula is C18H21Cl2F3N2O3. The number of benzene rings is 2. The van der Waals surface area contributed by atoms with Crippen LogP contribution in [0.4, 0.5) is 13.2 Å². The number of rotatable bonds is 4. The number of hydrogen-bond donors (Lipinski definition) is 3. The molecule has 1 heterocycles. The van der Waals surface area contributed by atoms with Crippen LogP contribution in [0.15, 0.2) is 42.5 Å². The maximum Gasteiger partial charge on any atom is 0.573 e. The van der Waals surface area contributed by atoms with Crippen LogP contribution >= 0.6 is 24.8 Å². The van der Waals surface area contributed by atoms with Crippen LogP contribution in [0.5, 0.6) is 17.2 Å². The first-order valence-corrected chi connectivity index (χ1v) is 8.16. The normalized spacial score (nSPS) is 15.8. The number of hydrogen-bond acceptors (Lipinski definition) is 5. The number of phenolic OH excluding ortho intramolecular Hbond substituents is 2. The van der Waals surface area contributed by atoms with Gasteiger partial charge in [-0.3, -0.25) is 4.90 Å².